The Balaban J connectivity index is 1.08. The molecule has 3 nitrogen and oxygen atoms in total. The fourth-order valence-electron chi connectivity index (χ4n) is 11.9. The minimum absolute atomic E-state index is 1.13. The van der Waals surface area contributed by atoms with E-state index in [4.69, 9.17) is 0 Å². The first-order valence-corrected chi connectivity index (χ1v) is 26.2. The van der Waals surface area contributed by atoms with E-state index in [9.17, 15) is 0 Å². The molecule has 70 heavy (non-hydrogen) atoms. The molecule has 3 heterocycles. The van der Waals surface area contributed by atoms with Crippen molar-refractivity contribution in [1.29, 1.82) is 0 Å². The lowest BCUT2D eigenvalue weighted by molar-refractivity contribution is 1.16. The highest BCUT2D eigenvalue weighted by atomic mass is 28.3. The van der Waals surface area contributed by atoms with E-state index in [0.717, 1.165) is 28.1 Å². The van der Waals surface area contributed by atoms with Crippen molar-refractivity contribution in [2.45, 2.75) is 0 Å². The summed E-state index contributed by atoms with van der Waals surface area (Å²) in [7, 11) is -2.94. The zero-order chi connectivity index (χ0) is 46.2. The molecule has 0 atom stereocenters. The molecule has 14 aromatic rings. The van der Waals surface area contributed by atoms with Gasteiger partial charge < -0.3 is 13.7 Å². The second kappa shape index (κ2) is 16.1. The summed E-state index contributed by atoms with van der Waals surface area (Å²) in [6.07, 6.45) is 0. The van der Waals surface area contributed by atoms with Crippen LogP contribution in [0.1, 0.15) is 0 Å². The van der Waals surface area contributed by atoms with Gasteiger partial charge in [-0.3, -0.25) is 0 Å². The molecule has 0 saturated carbocycles. The third-order valence-corrected chi connectivity index (χ3v) is 19.6. The largest absolute Gasteiger partial charge is 0.309 e. The number of rotatable bonds is 8. The molecule has 0 saturated heterocycles. The zero-order valence-corrected chi connectivity index (χ0v) is 39.3. The predicted octanol–water partition coefficient (Wildman–Crippen LogP) is 14.0. The van der Waals surface area contributed by atoms with Gasteiger partial charge in [0.15, 0.2) is 8.07 Å². The lowest BCUT2D eigenvalue weighted by Gasteiger charge is -2.35. The molecule has 0 radical (unpaired) electrons. The molecule has 11 aromatic carbocycles. The molecule has 0 N–H and O–H groups in total. The Morgan fingerprint density at radius 3 is 1.04 bits per heavy atom. The van der Waals surface area contributed by atoms with Gasteiger partial charge in [0.1, 0.15) is 0 Å². The molecular formula is C66H45N3Si. The normalized spacial score (nSPS) is 12.0. The lowest BCUT2D eigenvalue weighted by Crippen LogP contribution is -2.74. The number of para-hydroxylation sites is 6. The topological polar surface area (TPSA) is 14.8 Å². The molecule has 0 aliphatic heterocycles. The van der Waals surface area contributed by atoms with Gasteiger partial charge in [0.2, 0.25) is 0 Å². The maximum Gasteiger partial charge on any atom is 0.179 e. The Hall–Kier alpha value is -8.96. The predicted molar refractivity (Wildman–Crippen MR) is 299 cm³/mol. The van der Waals surface area contributed by atoms with E-state index in [1.54, 1.807) is 0 Å². The minimum atomic E-state index is -2.94. The van der Waals surface area contributed by atoms with Crippen LogP contribution in [0, 0.1) is 0 Å². The lowest BCUT2D eigenvalue weighted by atomic mass is 10.0. The van der Waals surface area contributed by atoms with Crippen LogP contribution in [0.3, 0.4) is 0 Å². The van der Waals surface area contributed by atoms with Crippen molar-refractivity contribution in [3.05, 3.63) is 273 Å². The number of benzene rings is 11. The van der Waals surface area contributed by atoms with Crippen LogP contribution in [0.2, 0.25) is 0 Å². The first-order valence-electron chi connectivity index (χ1n) is 24.2. The number of hydrogen-bond acceptors (Lipinski definition) is 0. The van der Waals surface area contributed by atoms with Gasteiger partial charge in [0.05, 0.1) is 44.5 Å². The van der Waals surface area contributed by atoms with Crippen LogP contribution in [0.25, 0.3) is 93.6 Å². The fourth-order valence-corrected chi connectivity index (χ4v) is 16.7. The first kappa shape index (κ1) is 40.1. The number of nitrogens with zero attached hydrogens (tertiary/aromatic N) is 3. The number of fused-ring (bicyclic) bond motifs is 9. The summed E-state index contributed by atoms with van der Waals surface area (Å²) in [5.74, 6) is 0. The third kappa shape index (κ3) is 5.94. The second-order valence-electron chi connectivity index (χ2n) is 18.4. The van der Waals surface area contributed by atoms with Gasteiger partial charge in [-0.1, -0.05) is 212 Å². The molecule has 14 rings (SSSR count). The Morgan fingerprint density at radius 1 is 0.214 bits per heavy atom. The Labute approximate surface area is 407 Å². The van der Waals surface area contributed by atoms with E-state index in [0.29, 0.717) is 0 Å². The highest BCUT2D eigenvalue weighted by molar-refractivity contribution is 7.20. The van der Waals surface area contributed by atoms with Crippen molar-refractivity contribution >= 4 is 94.2 Å². The summed E-state index contributed by atoms with van der Waals surface area (Å²) in [4.78, 5) is 0. The Bertz CT molecular complexity index is 4090. The average Bonchev–Trinajstić information content (AvgIpc) is 4.08. The highest BCUT2D eigenvalue weighted by Crippen LogP contribution is 2.42. The van der Waals surface area contributed by atoms with Crippen LogP contribution in [0.15, 0.2) is 273 Å². The number of aromatic nitrogens is 3. The van der Waals surface area contributed by atoms with E-state index in [-0.39, 0.29) is 0 Å². The van der Waals surface area contributed by atoms with Gasteiger partial charge in [0.25, 0.3) is 0 Å². The monoisotopic (exact) mass is 907 g/mol. The summed E-state index contributed by atoms with van der Waals surface area (Å²) in [6, 6.07) is 102. The second-order valence-corrected chi connectivity index (χ2v) is 22.2. The molecule has 0 aliphatic carbocycles. The fraction of sp³-hybridized carbons (Fsp3) is 0. The summed E-state index contributed by atoms with van der Waals surface area (Å²) >= 11 is 0. The minimum Gasteiger partial charge on any atom is -0.309 e. The third-order valence-electron chi connectivity index (χ3n) is 14.8. The first-order chi connectivity index (χ1) is 34.8. The molecule has 0 fully saturated rings. The Morgan fingerprint density at radius 2 is 0.571 bits per heavy atom. The van der Waals surface area contributed by atoms with E-state index < -0.39 is 8.07 Å². The van der Waals surface area contributed by atoms with Gasteiger partial charge in [-0.15, -0.1) is 0 Å². The van der Waals surface area contributed by atoms with Gasteiger partial charge in [-0.2, -0.15) is 0 Å². The number of hydrogen-bond donors (Lipinski definition) is 0. The molecule has 328 valence electrons. The van der Waals surface area contributed by atoms with Crippen molar-refractivity contribution in [3.8, 4) is 28.2 Å². The van der Waals surface area contributed by atoms with Crippen LogP contribution in [-0.2, 0) is 0 Å². The maximum atomic E-state index is 2.56. The van der Waals surface area contributed by atoms with Crippen LogP contribution in [0.4, 0.5) is 0 Å². The van der Waals surface area contributed by atoms with Crippen LogP contribution in [0.5, 0.6) is 0 Å². The summed E-state index contributed by atoms with van der Waals surface area (Å²) < 4.78 is 7.44. The van der Waals surface area contributed by atoms with E-state index in [1.165, 1.54) is 86.2 Å². The molecule has 0 spiro atoms. The van der Waals surface area contributed by atoms with Gasteiger partial charge in [-0.25, -0.2) is 0 Å². The van der Waals surface area contributed by atoms with E-state index >= 15 is 0 Å². The van der Waals surface area contributed by atoms with Gasteiger partial charge in [0, 0.05) is 49.1 Å². The van der Waals surface area contributed by atoms with Crippen molar-refractivity contribution in [2.24, 2.45) is 0 Å². The van der Waals surface area contributed by atoms with Gasteiger partial charge in [-0.05, 0) is 81.4 Å². The van der Waals surface area contributed by atoms with Crippen LogP contribution >= 0.6 is 0 Å². The van der Waals surface area contributed by atoms with E-state index in [2.05, 4.69) is 287 Å². The molecule has 0 aliphatic rings. The SMILES string of the molecule is c1ccc([Si](c2ccccc2)(c2ccccc2)c2ccc(-n3c4ccccc4c4ccccc43)c(-c3ccccc3-n3c4ccccc4c4cc(-n5c6ccccc6c6ccccc65)ccc43)c2)cc1. The standard InChI is InChI=1S/C66H45N3Si/c1-4-22-47(23-5-1)70(48-24-6-2-7-25-48,49-26-8-3-9-27-49)50-41-43-66(68-61-36-18-12-30-53(61)54-31-13-19-37-62(54)68)58(45-50)56-33-15-21-39-64(56)69-63-38-20-14-32-55(63)57-44-46(40-42-65(57)69)67-59-34-16-10-28-51(59)52-29-11-17-35-60(52)67/h1-45H. The maximum absolute atomic E-state index is 2.94. The van der Waals surface area contributed by atoms with Crippen molar-refractivity contribution in [2.75, 3.05) is 0 Å². The van der Waals surface area contributed by atoms with Crippen molar-refractivity contribution < 1.29 is 0 Å². The quantitative estimate of drug-likeness (QED) is 0.107. The Kier molecular flexibility index (Phi) is 9.23. The highest BCUT2D eigenvalue weighted by Gasteiger charge is 2.42. The average molecular weight is 908 g/mol. The molecule has 0 amide bonds. The van der Waals surface area contributed by atoms with Crippen LogP contribution < -0.4 is 20.7 Å². The van der Waals surface area contributed by atoms with E-state index in [1.807, 2.05) is 0 Å². The molecule has 0 unspecified atom stereocenters. The molecular weight excluding hydrogens is 863 g/mol. The smallest absolute Gasteiger partial charge is 0.179 e. The molecule has 3 aromatic heterocycles. The molecule has 4 heteroatoms. The van der Waals surface area contributed by atoms with Gasteiger partial charge >= 0.3 is 0 Å². The summed E-state index contributed by atoms with van der Waals surface area (Å²) in [5, 5.41) is 12.8. The molecule has 0 bridgehead atoms. The van der Waals surface area contributed by atoms with Crippen LogP contribution in [-0.4, -0.2) is 21.8 Å². The zero-order valence-electron chi connectivity index (χ0n) is 38.3. The van der Waals surface area contributed by atoms with Crippen molar-refractivity contribution in [1.82, 2.24) is 13.7 Å². The van der Waals surface area contributed by atoms with Crippen molar-refractivity contribution in [3.63, 3.8) is 0 Å². The summed E-state index contributed by atoms with van der Waals surface area (Å²) in [5.41, 5.74) is 12.8. The summed E-state index contributed by atoms with van der Waals surface area (Å²) in [6.45, 7) is 0.